The molecular formula is C15H18N4O2. The lowest BCUT2D eigenvalue weighted by molar-refractivity contribution is 0.100. The van der Waals surface area contributed by atoms with Gasteiger partial charge in [0.1, 0.15) is 5.69 Å². The van der Waals surface area contributed by atoms with Crippen LogP contribution in [0.2, 0.25) is 0 Å². The minimum absolute atomic E-state index is 0.305. The maximum atomic E-state index is 11.3. The topological polar surface area (TPSA) is 81.3 Å². The Hall–Kier alpha value is -2.21. The smallest absolute Gasteiger partial charge is 0.248 e. The number of likely N-dealkylation sites (N-methyl/N-ethyl adjacent to an activating group) is 1. The van der Waals surface area contributed by atoms with E-state index in [0.717, 1.165) is 25.2 Å². The minimum Gasteiger partial charge on any atom is -0.480 e. The molecule has 1 saturated heterocycles. The summed E-state index contributed by atoms with van der Waals surface area (Å²) in [6.07, 6.45) is 1.03. The predicted molar refractivity (Wildman–Crippen MR) is 79.5 cm³/mol. The van der Waals surface area contributed by atoms with Crippen molar-refractivity contribution in [1.82, 2.24) is 14.9 Å². The Morgan fingerprint density at radius 1 is 1.38 bits per heavy atom. The van der Waals surface area contributed by atoms with Crippen molar-refractivity contribution in [2.75, 3.05) is 27.2 Å². The molecule has 1 aromatic heterocycles. The van der Waals surface area contributed by atoms with Gasteiger partial charge in [-0.2, -0.15) is 0 Å². The lowest BCUT2D eigenvalue weighted by Gasteiger charge is -2.14. The molecule has 3 rings (SSSR count). The molecule has 1 atom stereocenters. The molecule has 0 bridgehead atoms. The van der Waals surface area contributed by atoms with Crippen molar-refractivity contribution in [2.45, 2.75) is 12.3 Å². The summed E-state index contributed by atoms with van der Waals surface area (Å²) >= 11 is 0. The van der Waals surface area contributed by atoms with Gasteiger partial charge in [0, 0.05) is 18.0 Å². The van der Waals surface area contributed by atoms with Crippen molar-refractivity contribution < 1.29 is 9.53 Å². The molecule has 1 aliphatic heterocycles. The first-order chi connectivity index (χ1) is 10.1. The Morgan fingerprint density at radius 2 is 2.19 bits per heavy atom. The van der Waals surface area contributed by atoms with Crippen LogP contribution in [-0.2, 0) is 0 Å². The van der Waals surface area contributed by atoms with Crippen LogP contribution in [-0.4, -0.2) is 48.0 Å². The molecule has 0 radical (unpaired) electrons. The lowest BCUT2D eigenvalue weighted by Crippen LogP contribution is -2.15. The Morgan fingerprint density at radius 3 is 2.81 bits per heavy atom. The molecule has 0 saturated carbocycles. The van der Waals surface area contributed by atoms with E-state index in [1.807, 2.05) is 0 Å². The number of fused-ring (bicyclic) bond motifs is 1. The number of rotatable bonds is 3. The maximum absolute atomic E-state index is 11.3. The standard InChI is InChI=1S/C15H18N4O2/c1-19-6-5-10(8-19)13-15(21-2)18-11-4-3-9(14(16)20)7-12(11)17-13/h3-4,7,10H,5-6,8H2,1-2H3,(H2,16,20). The first-order valence-electron chi connectivity index (χ1n) is 6.92. The van der Waals surface area contributed by atoms with Crippen LogP contribution in [0.4, 0.5) is 0 Å². The molecule has 1 unspecified atom stereocenters. The van der Waals surface area contributed by atoms with Crippen LogP contribution in [0.5, 0.6) is 5.88 Å². The molecular weight excluding hydrogens is 268 g/mol. The van der Waals surface area contributed by atoms with E-state index in [4.69, 9.17) is 10.5 Å². The third-order valence-corrected chi connectivity index (χ3v) is 3.91. The van der Waals surface area contributed by atoms with E-state index >= 15 is 0 Å². The Bertz CT molecular complexity index is 701. The molecule has 110 valence electrons. The monoisotopic (exact) mass is 286 g/mol. The van der Waals surface area contributed by atoms with Gasteiger partial charge in [0.2, 0.25) is 11.8 Å². The van der Waals surface area contributed by atoms with E-state index in [0.29, 0.717) is 28.4 Å². The molecule has 1 aliphatic rings. The molecule has 1 aromatic carbocycles. The second-order valence-corrected chi connectivity index (χ2v) is 5.43. The third-order valence-electron chi connectivity index (χ3n) is 3.91. The molecule has 0 spiro atoms. The van der Waals surface area contributed by atoms with Crippen LogP contribution >= 0.6 is 0 Å². The number of primary amides is 1. The summed E-state index contributed by atoms with van der Waals surface area (Å²) in [4.78, 5) is 22.7. The Kier molecular flexibility index (Phi) is 3.47. The van der Waals surface area contributed by atoms with Gasteiger partial charge in [-0.05, 0) is 38.2 Å². The van der Waals surface area contributed by atoms with Gasteiger partial charge in [-0.1, -0.05) is 0 Å². The van der Waals surface area contributed by atoms with Gasteiger partial charge in [-0.15, -0.1) is 0 Å². The summed E-state index contributed by atoms with van der Waals surface area (Å²) in [6, 6.07) is 5.09. The zero-order valence-corrected chi connectivity index (χ0v) is 12.2. The number of likely N-dealkylation sites (tertiary alicyclic amines) is 1. The van der Waals surface area contributed by atoms with Crippen LogP contribution in [0.15, 0.2) is 18.2 Å². The van der Waals surface area contributed by atoms with Crippen LogP contribution in [0.25, 0.3) is 11.0 Å². The molecule has 6 heteroatoms. The highest BCUT2D eigenvalue weighted by molar-refractivity contribution is 5.96. The number of benzene rings is 1. The molecule has 6 nitrogen and oxygen atoms in total. The van der Waals surface area contributed by atoms with E-state index in [1.165, 1.54) is 0 Å². The first kappa shape index (κ1) is 13.8. The second-order valence-electron chi connectivity index (χ2n) is 5.43. The van der Waals surface area contributed by atoms with E-state index in [1.54, 1.807) is 25.3 Å². The van der Waals surface area contributed by atoms with Gasteiger partial charge >= 0.3 is 0 Å². The van der Waals surface area contributed by atoms with Crippen molar-refractivity contribution >= 4 is 16.9 Å². The number of aromatic nitrogens is 2. The molecule has 1 fully saturated rings. The minimum atomic E-state index is -0.461. The number of hydrogen-bond donors (Lipinski definition) is 1. The zero-order chi connectivity index (χ0) is 15.0. The largest absolute Gasteiger partial charge is 0.480 e. The van der Waals surface area contributed by atoms with E-state index in [-0.39, 0.29) is 0 Å². The summed E-state index contributed by atoms with van der Waals surface area (Å²) in [7, 11) is 3.70. The summed E-state index contributed by atoms with van der Waals surface area (Å²) in [5.41, 5.74) is 8.00. The third kappa shape index (κ3) is 2.54. The van der Waals surface area contributed by atoms with Gasteiger partial charge in [0.05, 0.1) is 18.1 Å². The molecule has 2 aromatic rings. The molecule has 2 N–H and O–H groups in total. The van der Waals surface area contributed by atoms with E-state index in [2.05, 4.69) is 21.9 Å². The Labute approximate surface area is 122 Å². The zero-order valence-electron chi connectivity index (χ0n) is 12.2. The number of carbonyl (C=O) groups is 1. The van der Waals surface area contributed by atoms with Crippen molar-refractivity contribution in [3.63, 3.8) is 0 Å². The van der Waals surface area contributed by atoms with E-state index in [9.17, 15) is 4.79 Å². The molecule has 1 amide bonds. The first-order valence-corrected chi connectivity index (χ1v) is 6.92. The fourth-order valence-electron chi connectivity index (χ4n) is 2.78. The van der Waals surface area contributed by atoms with Crippen molar-refractivity contribution in [3.8, 4) is 5.88 Å². The summed E-state index contributed by atoms with van der Waals surface area (Å²) in [6.45, 7) is 1.97. The number of hydrogen-bond acceptors (Lipinski definition) is 5. The number of nitrogens with zero attached hydrogens (tertiary/aromatic N) is 3. The van der Waals surface area contributed by atoms with Crippen LogP contribution in [0.3, 0.4) is 0 Å². The molecule has 21 heavy (non-hydrogen) atoms. The highest BCUT2D eigenvalue weighted by atomic mass is 16.5. The molecule has 0 aliphatic carbocycles. The highest BCUT2D eigenvalue weighted by Crippen LogP contribution is 2.31. The molecule has 2 heterocycles. The van der Waals surface area contributed by atoms with Crippen molar-refractivity contribution in [2.24, 2.45) is 5.73 Å². The van der Waals surface area contributed by atoms with Gasteiger partial charge < -0.3 is 15.4 Å². The Balaban J connectivity index is 2.11. The van der Waals surface area contributed by atoms with Gasteiger partial charge in [0.25, 0.3) is 0 Å². The second kappa shape index (κ2) is 5.29. The predicted octanol–water partition coefficient (Wildman–Crippen LogP) is 1.16. The van der Waals surface area contributed by atoms with Gasteiger partial charge in [-0.25, -0.2) is 9.97 Å². The van der Waals surface area contributed by atoms with Crippen LogP contribution < -0.4 is 10.5 Å². The average molecular weight is 286 g/mol. The highest BCUT2D eigenvalue weighted by Gasteiger charge is 2.26. The van der Waals surface area contributed by atoms with Gasteiger partial charge in [0.15, 0.2) is 0 Å². The van der Waals surface area contributed by atoms with Crippen LogP contribution in [0.1, 0.15) is 28.4 Å². The normalized spacial score (nSPS) is 19.0. The summed E-state index contributed by atoms with van der Waals surface area (Å²) in [5, 5.41) is 0. The average Bonchev–Trinajstić information content (AvgIpc) is 2.91. The van der Waals surface area contributed by atoms with Gasteiger partial charge in [-0.3, -0.25) is 4.79 Å². The number of methoxy groups -OCH3 is 1. The number of amides is 1. The SMILES string of the molecule is COc1nc2ccc(C(N)=O)cc2nc1C1CCN(C)C1. The van der Waals surface area contributed by atoms with Crippen molar-refractivity contribution in [3.05, 3.63) is 29.5 Å². The number of nitrogens with two attached hydrogens (primary N) is 1. The van der Waals surface area contributed by atoms with Crippen molar-refractivity contribution in [1.29, 1.82) is 0 Å². The fourth-order valence-corrected chi connectivity index (χ4v) is 2.78. The summed E-state index contributed by atoms with van der Waals surface area (Å²) < 4.78 is 5.40. The lowest BCUT2D eigenvalue weighted by atomic mass is 10.0. The summed E-state index contributed by atoms with van der Waals surface area (Å²) in [5.74, 6) is 0.408. The fraction of sp³-hybridized carbons (Fsp3) is 0.400. The van der Waals surface area contributed by atoms with E-state index < -0.39 is 5.91 Å². The maximum Gasteiger partial charge on any atom is 0.248 e. The number of carbonyl (C=O) groups excluding carboxylic acids is 1. The number of ether oxygens (including phenoxy) is 1. The quantitative estimate of drug-likeness (QED) is 0.915. The van der Waals surface area contributed by atoms with Crippen LogP contribution in [0, 0.1) is 0 Å².